The van der Waals surface area contributed by atoms with Crippen LogP contribution in [0.1, 0.15) is 56.2 Å². The van der Waals surface area contributed by atoms with Crippen molar-refractivity contribution in [1.82, 2.24) is 5.32 Å². The molecule has 1 aromatic carbocycles. The normalized spacial score (nSPS) is 25.3. The number of hydrogen-bond donors (Lipinski definition) is 2. The Labute approximate surface area is 109 Å². The summed E-state index contributed by atoms with van der Waals surface area (Å²) in [7, 11) is 0. The molecule has 2 unspecified atom stereocenters. The van der Waals surface area contributed by atoms with Gasteiger partial charge >= 0.3 is 0 Å². The van der Waals surface area contributed by atoms with Crippen molar-refractivity contribution in [2.75, 3.05) is 0 Å². The van der Waals surface area contributed by atoms with Gasteiger partial charge in [-0.25, -0.2) is 0 Å². The van der Waals surface area contributed by atoms with Gasteiger partial charge in [0.25, 0.3) is 0 Å². The highest BCUT2D eigenvalue weighted by Crippen LogP contribution is 2.35. The summed E-state index contributed by atoms with van der Waals surface area (Å²) >= 11 is 0. The molecule has 2 aliphatic rings. The van der Waals surface area contributed by atoms with Gasteiger partial charge in [-0.05, 0) is 61.8 Å². The van der Waals surface area contributed by atoms with Crippen molar-refractivity contribution in [2.45, 2.75) is 57.5 Å². The van der Waals surface area contributed by atoms with E-state index in [1.165, 1.54) is 43.2 Å². The lowest BCUT2D eigenvalue weighted by atomic mass is 9.98. The molecule has 2 nitrogen and oxygen atoms in total. The standard InChI is InChI=1S/C16H23NO/c1-11(12-4-2-3-5-12)17-16-9-6-13-10-14(18)7-8-15(13)16/h7-8,10-12,16-18H,2-6,9H2,1H3. The van der Waals surface area contributed by atoms with Crippen LogP contribution in [0.25, 0.3) is 0 Å². The molecule has 0 heterocycles. The van der Waals surface area contributed by atoms with Gasteiger partial charge in [0.15, 0.2) is 0 Å². The monoisotopic (exact) mass is 245 g/mol. The van der Waals surface area contributed by atoms with Crippen LogP contribution in [0.3, 0.4) is 0 Å². The van der Waals surface area contributed by atoms with Crippen molar-refractivity contribution in [3.05, 3.63) is 29.3 Å². The van der Waals surface area contributed by atoms with Gasteiger partial charge in [-0.15, -0.1) is 0 Å². The number of rotatable bonds is 3. The molecule has 2 N–H and O–H groups in total. The molecule has 1 saturated carbocycles. The van der Waals surface area contributed by atoms with E-state index in [2.05, 4.69) is 18.3 Å². The fourth-order valence-electron chi connectivity index (χ4n) is 3.69. The smallest absolute Gasteiger partial charge is 0.115 e. The maximum atomic E-state index is 9.52. The van der Waals surface area contributed by atoms with E-state index in [0.717, 1.165) is 12.3 Å². The Kier molecular flexibility index (Phi) is 3.29. The molecule has 0 amide bonds. The van der Waals surface area contributed by atoms with Gasteiger partial charge in [0.05, 0.1) is 0 Å². The van der Waals surface area contributed by atoms with Gasteiger partial charge in [0.2, 0.25) is 0 Å². The Balaban J connectivity index is 1.68. The molecule has 2 atom stereocenters. The molecule has 0 bridgehead atoms. The molecular formula is C16H23NO. The molecule has 2 aliphatic carbocycles. The van der Waals surface area contributed by atoms with Crippen LogP contribution in [0, 0.1) is 5.92 Å². The molecule has 1 aromatic rings. The zero-order valence-electron chi connectivity index (χ0n) is 11.2. The summed E-state index contributed by atoms with van der Waals surface area (Å²) in [5.41, 5.74) is 2.73. The lowest BCUT2D eigenvalue weighted by molar-refractivity contribution is 0.342. The molecule has 98 valence electrons. The van der Waals surface area contributed by atoms with Crippen molar-refractivity contribution in [1.29, 1.82) is 0 Å². The second-order valence-electron chi connectivity index (χ2n) is 5.97. The highest BCUT2D eigenvalue weighted by molar-refractivity contribution is 5.40. The summed E-state index contributed by atoms with van der Waals surface area (Å²) < 4.78 is 0. The molecule has 0 aliphatic heterocycles. The number of benzene rings is 1. The number of fused-ring (bicyclic) bond motifs is 1. The highest BCUT2D eigenvalue weighted by atomic mass is 16.3. The summed E-state index contributed by atoms with van der Waals surface area (Å²) in [5.74, 6) is 1.27. The van der Waals surface area contributed by atoms with Gasteiger partial charge in [-0.2, -0.15) is 0 Å². The molecule has 1 fully saturated rings. The summed E-state index contributed by atoms with van der Waals surface area (Å²) in [4.78, 5) is 0. The minimum Gasteiger partial charge on any atom is -0.508 e. The molecule has 18 heavy (non-hydrogen) atoms. The minimum atomic E-state index is 0.401. The summed E-state index contributed by atoms with van der Waals surface area (Å²) in [6.45, 7) is 2.34. The fourth-order valence-corrected chi connectivity index (χ4v) is 3.69. The maximum absolute atomic E-state index is 9.52. The van der Waals surface area contributed by atoms with Crippen LogP contribution in [0.15, 0.2) is 18.2 Å². The van der Waals surface area contributed by atoms with E-state index in [0.29, 0.717) is 17.8 Å². The van der Waals surface area contributed by atoms with Crippen molar-refractivity contribution >= 4 is 0 Å². The molecule has 2 heteroatoms. The van der Waals surface area contributed by atoms with Crippen molar-refractivity contribution in [3.63, 3.8) is 0 Å². The van der Waals surface area contributed by atoms with Crippen molar-refractivity contribution in [3.8, 4) is 5.75 Å². The van der Waals surface area contributed by atoms with Gasteiger partial charge in [0.1, 0.15) is 5.75 Å². The Bertz CT molecular complexity index is 423. The van der Waals surface area contributed by atoms with Crippen LogP contribution in [-0.2, 0) is 6.42 Å². The van der Waals surface area contributed by atoms with E-state index in [1.54, 1.807) is 0 Å². The van der Waals surface area contributed by atoms with Gasteiger partial charge in [-0.1, -0.05) is 18.9 Å². The van der Waals surface area contributed by atoms with E-state index < -0.39 is 0 Å². The summed E-state index contributed by atoms with van der Waals surface area (Å²) in [5, 5.41) is 13.3. The molecule has 0 radical (unpaired) electrons. The van der Waals surface area contributed by atoms with Gasteiger partial charge < -0.3 is 10.4 Å². The number of phenols is 1. The number of aromatic hydroxyl groups is 1. The van der Waals surface area contributed by atoms with E-state index in [-0.39, 0.29) is 0 Å². The van der Waals surface area contributed by atoms with Crippen LogP contribution in [0.5, 0.6) is 5.75 Å². The molecule has 0 aromatic heterocycles. The zero-order valence-corrected chi connectivity index (χ0v) is 11.2. The van der Waals surface area contributed by atoms with E-state index >= 15 is 0 Å². The lowest BCUT2D eigenvalue weighted by Crippen LogP contribution is -2.34. The molecular weight excluding hydrogens is 222 g/mol. The lowest BCUT2D eigenvalue weighted by Gasteiger charge is -2.25. The Morgan fingerprint density at radius 2 is 2.00 bits per heavy atom. The van der Waals surface area contributed by atoms with Crippen molar-refractivity contribution < 1.29 is 5.11 Å². The SMILES string of the molecule is CC(NC1CCc2cc(O)ccc21)C1CCCC1. The first-order chi connectivity index (χ1) is 8.74. The second kappa shape index (κ2) is 4.93. The average molecular weight is 245 g/mol. The van der Waals surface area contributed by atoms with Gasteiger partial charge in [0, 0.05) is 12.1 Å². The summed E-state index contributed by atoms with van der Waals surface area (Å²) in [6, 6.07) is 6.96. The Morgan fingerprint density at radius 3 is 2.78 bits per heavy atom. The second-order valence-corrected chi connectivity index (χ2v) is 5.97. The van der Waals surface area contributed by atoms with Crippen LogP contribution in [-0.4, -0.2) is 11.1 Å². The predicted molar refractivity (Wildman–Crippen MR) is 73.7 cm³/mol. The first kappa shape index (κ1) is 12.0. The third-order valence-corrected chi connectivity index (χ3v) is 4.78. The van der Waals surface area contributed by atoms with Crippen LogP contribution in [0.4, 0.5) is 0 Å². The third kappa shape index (κ3) is 2.26. The van der Waals surface area contributed by atoms with Gasteiger partial charge in [-0.3, -0.25) is 0 Å². The quantitative estimate of drug-likeness (QED) is 0.853. The van der Waals surface area contributed by atoms with Crippen molar-refractivity contribution in [2.24, 2.45) is 5.92 Å². The molecule has 3 rings (SSSR count). The maximum Gasteiger partial charge on any atom is 0.115 e. The van der Waals surface area contributed by atoms with E-state index in [1.807, 2.05) is 12.1 Å². The average Bonchev–Trinajstić information content (AvgIpc) is 2.98. The Hall–Kier alpha value is -1.02. The topological polar surface area (TPSA) is 32.3 Å². The number of nitrogens with one attached hydrogen (secondary N) is 1. The predicted octanol–water partition coefficient (Wildman–Crippen LogP) is 3.55. The van der Waals surface area contributed by atoms with Crippen LogP contribution in [0.2, 0.25) is 0 Å². The number of hydrogen-bond acceptors (Lipinski definition) is 2. The Morgan fingerprint density at radius 1 is 1.22 bits per heavy atom. The zero-order chi connectivity index (χ0) is 12.5. The molecule has 0 spiro atoms. The first-order valence-corrected chi connectivity index (χ1v) is 7.32. The minimum absolute atomic E-state index is 0.401. The first-order valence-electron chi connectivity index (χ1n) is 7.32. The fraction of sp³-hybridized carbons (Fsp3) is 0.625. The third-order valence-electron chi connectivity index (χ3n) is 4.78. The number of phenolic OH excluding ortho intramolecular Hbond substituents is 1. The summed E-state index contributed by atoms with van der Waals surface area (Å²) in [6.07, 6.45) is 7.87. The number of aryl methyl sites for hydroxylation is 1. The van der Waals surface area contributed by atoms with E-state index in [9.17, 15) is 5.11 Å². The highest BCUT2D eigenvalue weighted by Gasteiger charge is 2.27. The van der Waals surface area contributed by atoms with Crippen LogP contribution < -0.4 is 5.32 Å². The molecule has 0 saturated heterocycles. The largest absolute Gasteiger partial charge is 0.508 e. The van der Waals surface area contributed by atoms with Crippen LogP contribution >= 0.6 is 0 Å². The van der Waals surface area contributed by atoms with E-state index in [4.69, 9.17) is 0 Å².